The van der Waals surface area contributed by atoms with Crippen molar-refractivity contribution in [3.05, 3.63) is 0 Å². The van der Waals surface area contributed by atoms with Crippen LogP contribution in [0, 0.1) is 0 Å². The normalized spacial score (nSPS) is 7.50. The van der Waals surface area contributed by atoms with Crippen LogP contribution in [0.1, 0.15) is 26.7 Å². The molecule has 8 N–H and O–H groups in total. The summed E-state index contributed by atoms with van der Waals surface area (Å²) >= 11 is 0. The SMILES string of the molecule is CCN.CCN.NCCCCN. The second kappa shape index (κ2) is 30.8. The molecule has 4 heteroatoms. The Balaban J connectivity index is -0.000000115. The molecule has 0 aliphatic rings. The van der Waals surface area contributed by atoms with Crippen LogP contribution in [-0.4, -0.2) is 26.2 Å². The first-order valence-electron chi connectivity index (χ1n) is 4.55. The average molecular weight is 178 g/mol. The highest BCUT2D eigenvalue weighted by atomic mass is 14.5. The van der Waals surface area contributed by atoms with E-state index in [2.05, 4.69) is 0 Å². The number of unbranched alkanes of at least 4 members (excludes halogenated alkanes) is 1. The molecule has 0 amide bonds. The van der Waals surface area contributed by atoms with E-state index in [1.54, 1.807) is 0 Å². The molecule has 0 rings (SSSR count). The van der Waals surface area contributed by atoms with Crippen LogP contribution in [0.3, 0.4) is 0 Å². The Labute approximate surface area is 76.7 Å². The van der Waals surface area contributed by atoms with Crippen molar-refractivity contribution < 1.29 is 0 Å². The minimum atomic E-state index is 0.750. The van der Waals surface area contributed by atoms with Gasteiger partial charge in [0.05, 0.1) is 0 Å². The van der Waals surface area contributed by atoms with Crippen LogP contribution in [0.25, 0.3) is 0 Å². The van der Waals surface area contributed by atoms with Crippen LogP contribution in [-0.2, 0) is 0 Å². The van der Waals surface area contributed by atoms with Gasteiger partial charge in [-0.05, 0) is 39.0 Å². The molecule has 0 saturated heterocycles. The Bertz CT molecular complexity index is 36.0. The Morgan fingerprint density at radius 2 is 0.833 bits per heavy atom. The van der Waals surface area contributed by atoms with Gasteiger partial charge in [-0.2, -0.15) is 0 Å². The maximum Gasteiger partial charge on any atom is -0.00768 e. The van der Waals surface area contributed by atoms with E-state index in [-0.39, 0.29) is 0 Å². The van der Waals surface area contributed by atoms with E-state index in [0.29, 0.717) is 0 Å². The van der Waals surface area contributed by atoms with Crippen molar-refractivity contribution in [1.29, 1.82) is 0 Å². The second-order valence-electron chi connectivity index (χ2n) is 2.10. The third-order valence-electron chi connectivity index (χ3n) is 0.658. The van der Waals surface area contributed by atoms with Crippen LogP contribution in [0.4, 0.5) is 0 Å². The Hall–Kier alpha value is -0.160. The molecule has 12 heavy (non-hydrogen) atoms. The van der Waals surface area contributed by atoms with Crippen LogP contribution in [0.15, 0.2) is 0 Å². The Morgan fingerprint density at radius 3 is 0.917 bits per heavy atom. The van der Waals surface area contributed by atoms with E-state index in [9.17, 15) is 0 Å². The van der Waals surface area contributed by atoms with E-state index in [1.165, 1.54) is 0 Å². The summed E-state index contributed by atoms with van der Waals surface area (Å²) in [5, 5.41) is 0. The van der Waals surface area contributed by atoms with Crippen molar-refractivity contribution in [2.24, 2.45) is 22.9 Å². The van der Waals surface area contributed by atoms with E-state index >= 15 is 0 Å². The van der Waals surface area contributed by atoms with Gasteiger partial charge in [-0.3, -0.25) is 0 Å². The molecule has 0 aromatic rings. The fourth-order valence-corrected chi connectivity index (χ4v) is 0.289. The first-order valence-corrected chi connectivity index (χ1v) is 4.55. The highest BCUT2D eigenvalue weighted by Gasteiger charge is 1.75. The first-order chi connectivity index (χ1) is 5.74. The molecule has 4 nitrogen and oxygen atoms in total. The molecule has 0 aromatic carbocycles. The molecule has 78 valence electrons. The number of hydrogen-bond donors (Lipinski definition) is 4. The van der Waals surface area contributed by atoms with Crippen LogP contribution in [0.2, 0.25) is 0 Å². The maximum absolute atomic E-state index is 5.16. The number of rotatable bonds is 3. The largest absolute Gasteiger partial charge is 0.331 e. The van der Waals surface area contributed by atoms with Crippen molar-refractivity contribution >= 4 is 0 Å². The van der Waals surface area contributed by atoms with Gasteiger partial charge in [0, 0.05) is 0 Å². The highest BCUT2D eigenvalue weighted by Crippen LogP contribution is 1.77. The van der Waals surface area contributed by atoms with Gasteiger partial charge in [0.15, 0.2) is 0 Å². The van der Waals surface area contributed by atoms with Gasteiger partial charge in [-0.25, -0.2) is 0 Å². The molecule has 0 bridgehead atoms. The van der Waals surface area contributed by atoms with Gasteiger partial charge in [0.25, 0.3) is 0 Å². The van der Waals surface area contributed by atoms with Gasteiger partial charge in [0.2, 0.25) is 0 Å². The lowest BCUT2D eigenvalue weighted by Crippen LogP contribution is -2.03. The third-order valence-corrected chi connectivity index (χ3v) is 0.658. The number of hydrogen-bond acceptors (Lipinski definition) is 4. The molecule has 0 fully saturated rings. The summed E-state index contributed by atoms with van der Waals surface area (Å²) in [7, 11) is 0. The highest BCUT2D eigenvalue weighted by molar-refractivity contribution is 4.38. The minimum Gasteiger partial charge on any atom is -0.331 e. The lowest BCUT2D eigenvalue weighted by molar-refractivity contribution is 0.755. The van der Waals surface area contributed by atoms with E-state index in [0.717, 1.165) is 39.0 Å². The smallest absolute Gasteiger partial charge is 0.00768 e. The van der Waals surface area contributed by atoms with Crippen molar-refractivity contribution in [3.63, 3.8) is 0 Å². The van der Waals surface area contributed by atoms with Gasteiger partial charge in [-0.1, -0.05) is 13.8 Å². The number of nitrogens with two attached hydrogens (primary N) is 4. The standard InChI is InChI=1S/C4H12N2.2C2H7N/c5-3-1-2-4-6;2*1-2-3/h1-6H2;2*2-3H2,1H3. The topological polar surface area (TPSA) is 104 Å². The van der Waals surface area contributed by atoms with Gasteiger partial charge in [0.1, 0.15) is 0 Å². The van der Waals surface area contributed by atoms with Crippen LogP contribution in [0.5, 0.6) is 0 Å². The fraction of sp³-hybridized carbons (Fsp3) is 1.00. The predicted molar refractivity (Wildman–Crippen MR) is 56.8 cm³/mol. The van der Waals surface area contributed by atoms with Crippen LogP contribution < -0.4 is 22.9 Å². The summed E-state index contributed by atoms with van der Waals surface area (Å²) in [6.07, 6.45) is 2.13. The molecule has 0 saturated carbocycles. The van der Waals surface area contributed by atoms with Crippen molar-refractivity contribution in [2.75, 3.05) is 26.2 Å². The molecule has 0 heterocycles. The first kappa shape index (κ1) is 17.8. The maximum atomic E-state index is 5.16. The lowest BCUT2D eigenvalue weighted by atomic mass is 10.3. The molecular weight excluding hydrogens is 152 g/mol. The molecule has 0 atom stereocenters. The summed E-state index contributed by atoms with van der Waals surface area (Å²) < 4.78 is 0. The Kier molecular flexibility index (Phi) is 45.7. The van der Waals surface area contributed by atoms with Crippen molar-refractivity contribution in [3.8, 4) is 0 Å². The Morgan fingerprint density at radius 1 is 0.667 bits per heavy atom. The molecule has 0 aliphatic carbocycles. The zero-order chi connectivity index (χ0) is 10.2. The monoisotopic (exact) mass is 178 g/mol. The predicted octanol–water partition coefficient (Wildman–Crippen LogP) is -0.386. The quantitative estimate of drug-likeness (QED) is 0.442. The van der Waals surface area contributed by atoms with E-state index < -0.39 is 0 Å². The third kappa shape index (κ3) is 95.3. The molecule has 0 spiro atoms. The average Bonchev–Trinajstić information content (AvgIpc) is 2.04. The van der Waals surface area contributed by atoms with E-state index in [1.807, 2.05) is 13.8 Å². The van der Waals surface area contributed by atoms with Gasteiger partial charge >= 0.3 is 0 Å². The van der Waals surface area contributed by atoms with E-state index in [4.69, 9.17) is 22.9 Å². The summed E-state index contributed by atoms with van der Waals surface area (Å²) in [6.45, 7) is 6.86. The molecule has 0 aromatic heterocycles. The van der Waals surface area contributed by atoms with Gasteiger partial charge < -0.3 is 22.9 Å². The van der Waals surface area contributed by atoms with Crippen LogP contribution >= 0.6 is 0 Å². The molecule has 0 aliphatic heterocycles. The van der Waals surface area contributed by atoms with Gasteiger partial charge in [-0.15, -0.1) is 0 Å². The summed E-state index contributed by atoms with van der Waals surface area (Å²) in [4.78, 5) is 0. The molecular formula is C8H26N4. The summed E-state index contributed by atoms with van der Waals surface area (Å²) in [6, 6.07) is 0. The zero-order valence-corrected chi connectivity index (χ0v) is 8.55. The summed E-state index contributed by atoms with van der Waals surface area (Å²) in [5.74, 6) is 0. The second-order valence-corrected chi connectivity index (χ2v) is 2.10. The molecule has 0 radical (unpaired) electrons. The summed E-state index contributed by atoms with van der Waals surface area (Å²) in [5.41, 5.74) is 20.0. The van der Waals surface area contributed by atoms with Crippen molar-refractivity contribution in [1.82, 2.24) is 0 Å². The molecule has 0 unspecified atom stereocenters. The van der Waals surface area contributed by atoms with Crippen molar-refractivity contribution in [2.45, 2.75) is 26.7 Å². The lowest BCUT2D eigenvalue weighted by Gasteiger charge is -1.87. The fourth-order valence-electron chi connectivity index (χ4n) is 0.289. The zero-order valence-electron chi connectivity index (χ0n) is 8.55. The minimum absolute atomic E-state index is 0.750.